The van der Waals surface area contributed by atoms with Crippen molar-refractivity contribution < 1.29 is 9.59 Å². The Balaban J connectivity index is 4.22. The Hall–Kier alpha value is -0.920. The summed E-state index contributed by atoms with van der Waals surface area (Å²) >= 11 is 0. The summed E-state index contributed by atoms with van der Waals surface area (Å²) in [6.45, 7) is 8.73. The molecule has 0 aliphatic heterocycles. The first kappa shape index (κ1) is 11.1. The highest BCUT2D eigenvalue weighted by Gasteiger charge is 2.16. The maximum absolute atomic E-state index is 11.0. The van der Waals surface area contributed by atoms with E-state index in [4.69, 9.17) is 0 Å². The van der Waals surface area contributed by atoms with Crippen LogP contribution in [0.1, 0.15) is 33.6 Å². The normalized spacial score (nSPS) is 12.2. The summed E-state index contributed by atoms with van der Waals surface area (Å²) < 4.78 is 0. The van der Waals surface area contributed by atoms with E-state index in [1.165, 1.54) is 6.92 Å². The standard InChI is InChI=1S/C10H16O2/c1-5-10(9(4)12)7(2)6-8(3)11/h10H,2,5-6H2,1,3-4H3. The molecule has 0 radical (unpaired) electrons. The topological polar surface area (TPSA) is 34.1 Å². The summed E-state index contributed by atoms with van der Waals surface area (Å²) in [4.78, 5) is 21.8. The molecule has 2 heteroatoms. The highest BCUT2D eigenvalue weighted by Crippen LogP contribution is 2.17. The first-order chi connectivity index (χ1) is 5.49. The van der Waals surface area contributed by atoms with Gasteiger partial charge in [0.2, 0.25) is 0 Å². The van der Waals surface area contributed by atoms with Crippen LogP contribution in [0, 0.1) is 5.92 Å². The Morgan fingerprint density at radius 3 is 2.08 bits per heavy atom. The van der Waals surface area contributed by atoms with E-state index < -0.39 is 0 Å². The Kier molecular flexibility index (Phi) is 4.49. The molecule has 0 amide bonds. The fourth-order valence-electron chi connectivity index (χ4n) is 1.31. The zero-order valence-electron chi connectivity index (χ0n) is 8.02. The maximum Gasteiger partial charge on any atom is 0.136 e. The van der Waals surface area contributed by atoms with Crippen LogP contribution in [0.3, 0.4) is 0 Å². The fraction of sp³-hybridized carbons (Fsp3) is 0.600. The molecule has 1 unspecified atom stereocenters. The summed E-state index contributed by atoms with van der Waals surface area (Å²) in [5.41, 5.74) is 0.748. The fourth-order valence-corrected chi connectivity index (χ4v) is 1.31. The first-order valence-electron chi connectivity index (χ1n) is 4.16. The number of hydrogen-bond donors (Lipinski definition) is 0. The second-order valence-corrected chi connectivity index (χ2v) is 3.11. The Labute approximate surface area is 73.7 Å². The Morgan fingerprint density at radius 1 is 1.33 bits per heavy atom. The van der Waals surface area contributed by atoms with Crippen molar-refractivity contribution in [1.29, 1.82) is 0 Å². The van der Waals surface area contributed by atoms with E-state index in [1.54, 1.807) is 6.92 Å². The molecular formula is C10H16O2. The van der Waals surface area contributed by atoms with Gasteiger partial charge < -0.3 is 0 Å². The molecule has 0 spiro atoms. The van der Waals surface area contributed by atoms with Crippen molar-refractivity contribution in [2.45, 2.75) is 33.6 Å². The van der Waals surface area contributed by atoms with Crippen molar-refractivity contribution in [3.8, 4) is 0 Å². The van der Waals surface area contributed by atoms with Crippen LogP contribution in [0.25, 0.3) is 0 Å². The Morgan fingerprint density at radius 2 is 1.83 bits per heavy atom. The van der Waals surface area contributed by atoms with Crippen LogP contribution in [0.15, 0.2) is 12.2 Å². The molecule has 1 atom stereocenters. The van der Waals surface area contributed by atoms with Gasteiger partial charge in [-0.1, -0.05) is 19.1 Å². The third-order valence-corrected chi connectivity index (χ3v) is 1.87. The van der Waals surface area contributed by atoms with Crippen LogP contribution < -0.4 is 0 Å². The number of carbonyl (C=O) groups excluding carboxylic acids is 2. The second kappa shape index (κ2) is 4.86. The summed E-state index contributed by atoms with van der Waals surface area (Å²) in [6, 6.07) is 0. The van der Waals surface area contributed by atoms with Crippen molar-refractivity contribution in [3.05, 3.63) is 12.2 Å². The van der Waals surface area contributed by atoms with Crippen LogP contribution in [-0.2, 0) is 9.59 Å². The molecule has 0 aliphatic carbocycles. The second-order valence-electron chi connectivity index (χ2n) is 3.11. The van der Waals surface area contributed by atoms with Crippen LogP contribution in [0.5, 0.6) is 0 Å². The molecule has 2 nitrogen and oxygen atoms in total. The lowest BCUT2D eigenvalue weighted by atomic mass is 9.91. The third kappa shape index (κ3) is 3.46. The highest BCUT2D eigenvalue weighted by atomic mass is 16.1. The predicted octanol–water partition coefficient (Wildman–Crippen LogP) is 2.14. The highest BCUT2D eigenvalue weighted by molar-refractivity contribution is 5.84. The van der Waals surface area contributed by atoms with E-state index in [2.05, 4.69) is 6.58 Å². The largest absolute Gasteiger partial charge is 0.300 e. The number of carbonyl (C=O) groups is 2. The van der Waals surface area contributed by atoms with Gasteiger partial charge in [0, 0.05) is 12.3 Å². The number of hydrogen-bond acceptors (Lipinski definition) is 2. The quantitative estimate of drug-likeness (QED) is 0.589. The number of allylic oxidation sites excluding steroid dienone is 1. The van der Waals surface area contributed by atoms with Crippen LogP contribution >= 0.6 is 0 Å². The summed E-state index contributed by atoms with van der Waals surface area (Å²) in [7, 11) is 0. The Bertz CT molecular complexity index is 204. The first-order valence-corrected chi connectivity index (χ1v) is 4.16. The molecule has 0 heterocycles. The summed E-state index contributed by atoms with van der Waals surface area (Å²) in [5, 5.41) is 0. The van der Waals surface area contributed by atoms with E-state index in [1.807, 2.05) is 6.92 Å². The molecule has 0 rings (SSSR count). The van der Waals surface area contributed by atoms with E-state index in [9.17, 15) is 9.59 Å². The molecule has 0 aromatic rings. The lowest BCUT2D eigenvalue weighted by Crippen LogP contribution is -2.13. The van der Waals surface area contributed by atoms with Gasteiger partial charge in [-0.3, -0.25) is 9.59 Å². The maximum atomic E-state index is 11.0. The summed E-state index contributed by atoms with van der Waals surface area (Å²) in [6.07, 6.45) is 1.07. The van der Waals surface area contributed by atoms with Gasteiger partial charge in [-0.2, -0.15) is 0 Å². The van der Waals surface area contributed by atoms with Gasteiger partial charge >= 0.3 is 0 Å². The van der Waals surface area contributed by atoms with Crippen molar-refractivity contribution in [2.24, 2.45) is 5.92 Å². The van der Waals surface area contributed by atoms with Crippen molar-refractivity contribution >= 4 is 11.6 Å². The SMILES string of the molecule is C=C(CC(C)=O)C(CC)C(C)=O. The number of ketones is 2. The van der Waals surface area contributed by atoms with E-state index in [0.29, 0.717) is 6.42 Å². The van der Waals surface area contributed by atoms with Crippen molar-refractivity contribution in [2.75, 3.05) is 0 Å². The minimum Gasteiger partial charge on any atom is -0.300 e. The van der Waals surface area contributed by atoms with E-state index >= 15 is 0 Å². The van der Waals surface area contributed by atoms with Gasteiger partial charge in [0.05, 0.1) is 0 Å². The van der Waals surface area contributed by atoms with Gasteiger partial charge in [-0.05, 0) is 20.3 Å². The molecule has 0 saturated carbocycles. The summed E-state index contributed by atoms with van der Waals surface area (Å²) in [5.74, 6) is 0.0392. The molecule has 12 heavy (non-hydrogen) atoms. The van der Waals surface area contributed by atoms with Crippen molar-refractivity contribution in [3.63, 3.8) is 0 Å². The zero-order valence-corrected chi connectivity index (χ0v) is 8.02. The third-order valence-electron chi connectivity index (χ3n) is 1.87. The molecule has 0 saturated heterocycles. The smallest absolute Gasteiger partial charge is 0.136 e. The van der Waals surface area contributed by atoms with E-state index in [-0.39, 0.29) is 17.5 Å². The van der Waals surface area contributed by atoms with Gasteiger partial charge in [-0.15, -0.1) is 0 Å². The molecule has 0 fully saturated rings. The average Bonchev–Trinajstić information content (AvgIpc) is 1.85. The van der Waals surface area contributed by atoms with Crippen LogP contribution in [0.4, 0.5) is 0 Å². The molecule has 0 N–H and O–H groups in total. The van der Waals surface area contributed by atoms with Crippen LogP contribution in [-0.4, -0.2) is 11.6 Å². The van der Waals surface area contributed by atoms with Gasteiger partial charge in [-0.25, -0.2) is 0 Å². The van der Waals surface area contributed by atoms with Gasteiger partial charge in [0.15, 0.2) is 0 Å². The van der Waals surface area contributed by atoms with Gasteiger partial charge in [0.25, 0.3) is 0 Å². The minimum absolute atomic E-state index is 0.0692. The lowest BCUT2D eigenvalue weighted by molar-refractivity contribution is -0.120. The van der Waals surface area contributed by atoms with Crippen LogP contribution in [0.2, 0.25) is 0 Å². The number of Topliss-reactive ketones (excluding diaryl/α,β-unsaturated/α-hetero) is 2. The predicted molar refractivity (Wildman–Crippen MR) is 48.9 cm³/mol. The lowest BCUT2D eigenvalue weighted by Gasteiger charge is -2.12. The molecule has 0 bridgehead atoms. The molecule has 0 aromatic heterocycles. The minimum atomic E-state index is -0.131. The molecule has 68 valence electrons. The number of rotatable bonds is 5. The van der Waals surface area contributed by atoms with Gasteiger partial charge in [0.1, 0.15) is 11.6 Å². The van der Waals surface area contributed by atoms with Crippen molar-refractivity contribution in [1.82, 2.24) is 0 Å². The monoisotopic (exact) mass is 168 g/mol. The van der Waals surface area contributed by atoms with E-state index in [0.717, 1.165) is 12.0 Å². The molecule has 0 aliphatic rings. The molecule has 0 aromatic carbocycles. The molecular weight excluding hydrogens is 152 g/mol. The average molecular weight is 168 g/mol. The zero-order chi connectivity index (χ0) is 9.72.